The summed E-state index contributed by atoms with van der Waals surface area (Å²) in [5.74, 6) is -1.20. The van der Waals surface area contributed by atoms with Crippen LogP contribution in [0.25, 0.3) is 0 Å². The van der Waals surface area contributed by atoms with Crippen molar-refractivity contribution in [2.24, 2.45) is 0 Å². The topological polar surface area (TPSA) is 75.7 Å². The Morgan fingerprint density at radius 1 is 1.12 bits per heavy atom. The second-order valence-corrected chi connectivity index (χ2v) is 7.87. The number of rotatable bonds is 8. The highest BCUT2D eigenvalue weighted by Gasteiger charge is 2.15. The van der Waals surface area contributed by atoms with E-state index in [4.69, 9.17) is 0 Å². The maximum absolute atomic E-state index is 12.6. The van der Waals surface area contributed by atoms with Gasteiger partial charge in [-0.2, -0.15) is 4.72 Å². The molecule has 0 aliphatic heterocycles. The van der Waals surface area contributed by atoms with Crippen molar-refractivity contribution in [2.45, 2.75) is 58.5 Å². The monoisotopic (exact) mass is 390 g/mol. The molecule has 0 unspecified atom stereocenters. The maximum Gasteiger partial charge on any atom is 0.321 e. The van der Waals surface area contributed by atoms with Crippen LogP contribution in [0, 0.1) is 5.82 Å². The van der Waals surface area contributed by atoms with Crippen LogP contribution in [-0.2, 0) is 19.6 Å². The number of esters is 1. The van der Waals surface area contributed by atoms with Crippen molar-refractivity contribution in [3.8, 4) is 0 Å². The van der Waals surface area contributed by atoms with Crippen molar-refractivity contribution in [1.29, 1.82) is 0 Å². The van der Waals surface area contributed by atoms with E-state index in [0.29, 0.717) is 12.1 Å². The number of halogens is 1. The first-order valence-corrected chi connectivity index (χ1v) is 10.2. The highest BCUT2D eigenvalue weighted by atomic mass is 32.2. The number of sulfonamides is 1. The van der Waals surface area contributed by atoms with Gasteiger partial charge in [-0.25, -0.2) is 12.8 Å². The van der Waals surface area contributed by atoms with Gasteiger partial charge in [-0.15, -0.1) is 0 Å². The third kappa shape index (κ3) is 9.26. The Morgan fingerprint density at radius 2 is 1.62 bits per heavy atom. The molecule has 1 N–H and O–H groups in total. The van der Waals surface area contributed by atoms with Gasteiger partial charge in [0.15, 0.2) is 0 Å². The summed E-state index contributed by atoms with van der Waals surface area (Å²) in [6, 6.07) is 5.66. The van der Waals surface area contributed by atoms with Crippen molar-refractivity contribution >= 4 is 16.0 Å². The molecule has 0 bridgehead atoms. The van der Waals surface area contributed by atoms with Crippen molar-refractivity contribution in [3.63, 3.8) is 0 Å². The molecule has 26 heavy (non-hydrogen) atoms. The molecule has 6 nitrogen and oxygen atoms in total. The van der Waals surface area contributed by atoms with Gasteiger partial charge < -0.3 is 4.74 Å². The van der Waals surface area contributed by atoms with Crippen LogP contribution in [0.5, 0.6) is 0 Å². The Bertz CT molecular complexity index is 623. The Labute approximate surface area is 156 Å². The molecule has 0 saturated carbocycles. The van der Waals surface area contributed by atoms with Gasteiger partial charge in [0.2, 0.25) is 10.0 Å². The lowest BCUT2D eigenvalue weighted by molar-refractivity contribution is -0.141. The molecule has 0 heterocycles. The van der Waals surface area contributed by atoms with E-state index in [1.54, 1.807) is 6.92 Å². The number of ether oxygens (including phenoxy) is 1. The molecule has 1 aromatic carbocycles. The van der Waals surface area contributed by atoms with Gasteiger partial charge in [-0.1, -0.05) is 6.92 Å². The Morgan fingerprint density at radius 3 is 1.96 bits per heavy atom. The average molecular weight is 391 g/mol. The van der Waals surface area contributed by atoms with Crippen LogP contribution in [0.2, 0.25) is 0 Å². The molecule has 0 amide bonds. The summed E-state index contributed by atoms with van der Waals surface area (Å²) in [6.07, 6.45) is 0. The predicted molar refractivity (Wildman–Crippen MR) is 101 cm³/mol. The molecule has 0 radical (unpaired) electrons. The fourth-order valence-electron chi connectivity index (χ4n) is 2.39. The van der Waals surface area contributed by atoms with Crippen LogP contribution < -0.4 is 4.72 Å². The predicted octanol–water partition coefficient (Wildman–Crippen LogP) is 2.79. The standard InChI is InChI=1S/C10H12FNO4S.C8H19N/c1-2-16-10(13)7-12-17(14,15)9-5-3-8(11)4-6-9;1-6-9(7(2)3)8(4)5/h3-6,12H,2,7H2,1H3;7-8H,6H2,1-5H3. The Balaban J connectivity index is 0.000000590. The minimum Gasteiger partial charge on any atom is -0.465 e. The lowest BCUT2D eigenvalue weighted by atomic mass is 10.2. The van der Waals surface area contributed by atoms with Crippen LogP contribution in [0.3, 0.4) is 0 Å². The van der Waals surface area contributed by atoms with Gasteiger partial charge in [0.1, 0.15) is 12.4 Å². The van der Waals surface area contributed by atoms with E-state index in [2.05, 4.69) is 49.0 Å². The largest absolute Gasteiger partial charge is 0.465 e. The highest BCUT2D eigenvalue weighted by molar-refractivity contribution is 7.89. The molecule has 0 spiro atoms. The molecule has 0 aliphatic rings. The number of benzene rings is 1. The van der Waals surface area contributed by atoms with Gasteiger partial charge in [-0.3, -0.25) is 9.69 Å². The molecule has 0 fully saturated rings. The quantitative estimate of drug-likeness (QED) is 0.691. The van der Waals surface area contributed by atoms with E-state index >= 15 is 0 Å². The summed E-state index contributed by atoms with van der Waals surface area (Å²) in [4.78, 5) is 13.3. The SMILES string of the molecule is CCN(C(C)C)C(C)C.CCOC(=O)CNS(=O)(=O)c1ccc(F)cc1. The van der Waals surface area contributed by atoms with Gasteiger partial charge in [0.05, 0.1) is 11.5 Å². The van der Waals surface area contributed by atoms with Gasteiger partial charge in [0, 0.05) is 12.1 Å². The van der Waals surface area contributed by atoms with E-state index in [9.17, 15) is 17.6 Å². The molecular weight excluding hydrogens is 359 g/mol. The molecule has 1 aromatic rings. The highest BCUT2D eigenvalue weighted by Crippen LogP contribution is 2.09. The smallest absolute Gasteiger partial charge is 0.321 e. The fourth-order valence-corrected chi connectivity index (χ4v) is 3.36. The normalized spacial score (nSPS) is 11.5. The molecule has 150 valence electrons. The lowest BCUT2D eigenvalue weighted by Gasteiger charge is -2.28. The minimum absolute atomic E-state index is 0.108. The van der Waals surface area contributed by atoms with E-state index < -0.39 is 28.4 Å². The first kappa shape index (κ1) is 24.5. The Hall–Kier alpha value is -1.51. The maximum atomic E-state index is 12.6. The van der Waals surface area contributed by atoms with Crippen LogP contribution in [0.1, 0.15) is 41.5 Å². The van der Waals surface area contributed by atoms with Crippen molar-refractivity contribution in [1.82, 2.24) is 9.62 Å². The van der Waals surface area contributed by atoms with Gasteiger partial charge >= 0.3 is 5.97 Å². The number of hydrogen-bond donors (Lipinski definition) is 1. The molecule has 0 saturated heterocycles. The van der Waals surface area contributed by atoms with Crippen LogP contribution in [-0.4, -0.2) is 51.1 Å². The first-order chi connectivity index (χ1) is 12.0. The molecule has 0 aliphatic carbocycles. The summed E-state index contributed by atoms with van der Waals surface area (Å²) in [5, 5.41) is 0. The third-order valence-corrected chi connectivity index (χ3v) is 4.94. The van der Waals surface area contributed by atoms with Crippen molar-refractivity contribution in [2.75, 3.05) is 19.7 Å². The van der Waals surface area contributed by atoms with E-state index in [0.717, 1.165) is 30.8 Å². The number of carbonyl (C=O) groups is 1. The zero-order valence-corrected chi connectivity index (χ0v) is 17.3. The fraction of sp³-hybridized carbons (Fsp3) is 0.611. The Kier molecular flexibility index (Phi) is 11.3. The van der Waals surface area contributed by atoms with Crippen LogP contribution >= 0.6 is 0 Å². The zero-order chi connectivity index (χ0) is 20.3. The van der Waals surface area contributed by atoms with Crippen LogP contribution in [0.4, 0.5) is 4.39 Å². The van der Waals surface area contributed by atoms with Crippen molar-refractivity contribution in [3.05, 3.63) is 30.1 Å². The molecule has 1 rings (SSSR count). The summed E-state index contributed by atoms with van der Waals surface area (Å²) in [7, 11) is -3.81. The van der Waals surface area contributed by atoms with E-state index in [1.807, 2.05) is 0 Å². The first-order valence-electron chi connectivity index (χ1n) is 8.71. The number of nitrogens with one attached hydrogen (secondary N) is 1. The van der Waals surface area contributed by atoms with Crippen LogP contribution in [0.15, 0.2) is 29.2 Å². The minimum atomic E-state index is -3.81. The lowest BCUT2D eigenvalue weighted by Crippen LogP contribution is -2.36. The molecule has 0 atom stereocenters. The molecule has 8 heteroatoms. The zero-order valence-electron chi connectivity index (χ0n) is 16.5. The van der Waals surface area contributed by atoms with Gasteiger partial charge in [-0.05, 0) is 65.4 Å². The summed E-state index contributed by atoms with van der Waals surface area (Å²) >= 11 is 0. The molecular formula is C18H31FN2O4S. The summed E-state index contributed by atoms with van der Waals surface area (Å²) in [6.45, 7) is 13.7. The van der Waals surface area contributed by atoms with E-state index in [1.165, 1.54) is 0 Å². The number of nitrogens with zero attached hydrogens (tertiary/aromatic N) is 1. The molecule has 0 aromatic heterocycles. The average Bonchev–Trinajstić information content (AvgIpc) is 2.54. The van der Waals surface area contributed by atoms with Crippen molar-refractivity contribution < 1.29 is 22.3 Å². The summed E-state index contributed by atoms with van der Waals surface area (Å²) < 4.78 is 42.4. The number of hydrogen-bond acceptors (Lipinski definition) is 5. The third-order valence-electron chi connectivity index (χ3n) is 3.53. The van der Waals surface area contributed by atoms with E-state index in [-0.39, 0.29) is 11.5 Å². The summed E-state index contributed by atoms with van der Waals surface area (Å²) in [5.41, 5.74) is 0. The van der Waals surface area contributed by atoms with Gasteiger partial charge in [0.25, 0.3) is 0 Å². The second-order valence-electron chi connectivity index (χ2n) is 6.10. The number of carbonyl (C=O) groups excluding carboxylic acids is 1. The second kappa shape index (κ2) is 12.0.